The number of aromatic amines is 1. The second kappa shape index (κ2) is 9.11. The molecule has 0 aliphatic rings. The quantitative estimate of drug-likeness (QED) is 0.521. The molecule has 0 atom stereocenters. The molecule has 0 radical (unpaired) electrons. The zero-order valence-electron chi connectivity index (χ0n) is 16.0. The number of fused-ring (bicyclic) bond motifs is 1. The van der Waals surface area contributed by atoms with E-state index >= 15 is 0 Å². The van der Waals surface area contributed by atoms with E-state index < -0.39 is 0 Å². The van der Waals surface area contributed by atoms with Crippen LogP contribution < -0.4 is 14.8 Å². The number of methoxy groups -OCH3 is 1. The molecule has 0 saturated heterocycles. The van der Waals surface area contributed by atoms with Gasteiger partial charge in [-0.1, -0.05) is 23.7 Å². The molecule has 0 aliphatic heterocycles. The molecule has 0 fully saturated rings. The summed E-state index contributed by atoms with van der Waals surface area (Å²) >= 11 is 6.37. The highest BCUT2D eigenvalue weighted by atomic mass is 35.5. The van der Waals surface area contributed by atoms with Crippen molar-refractivity contribution < 1.29 is 9.47 Å². The maximum absolute atomic E-state index is 6.37. The zero-order valence-corrected chi connectivity index (χ0v) is 16.8. The van der Waals surface area contributed by atoms with E-state index in [-0.39, 0.29) is 6.10 Å². The fraction of sp³-hybridized carbons (Fsp3) is 0.381. The number of nitrogens with one attached hydrogen (secondary N) is 2. The Morgan fingerprint density at radius 3 is 2.78 bits per heavy atom. The Bertz CT molecular complexity index is 859. The molecule has 144 valence electrons. The Balaban J connectivity index is 1.50. The molecular formula is C21H26ClN3O2. The molecule has 5 nitrogen and oxygen atoms in total. The molecule has 3 aromatic rings. The van der Waals surface area contributed by atoms with Gasteiger partial charge in [-0.15, -0.1) is 0 Å². The van der Waals surface area contributed by atoms with Crippen LogP contribution in [0.3, 0.4) is 0 Å². The third kappa shape index (κ3) is 5.15. The van der Waals surface area contributed by atoms with E-state index in [2.05, 4.69) is 15.3 Å². The summed E-state index contributed by atoms with van der Waals surface area (Å²) in [6.45, 7) is 5.54. The van der Waals surface area contributed by atoms with Gasteiger partial charge < -0.3 is 19.8 Å². The Hall–Kier alpha value is -2.24. The van der Waals surface area contributed by atoms with Crippen molar-refractivity contribution in [2.75, 3.05) is 13.7 Å². The van der Waals surface area contributed by atoms with E-state index in [1.54, 1.807) is 7.11 Å². The van der Waals surface area contributed by atoms with Crippen molar-refractivity contribution in [2.24, 2.45) is 0 Å². The first-order valence-corrected chi connectivity index (χ1v) is 9.62. The Kier molecular flexibility index (Phi) is 6.58. The lowest BCUT2D eigenvalue weighted by atomic mass is 10.2. The molecule has 3 rings (SSSR count). The highest BCUT2D eigenvalue weighted by molar-refractivity contribution is 6.32. The predicted octanol–water partition coefficient (Wildman–Crippen LogP) is 4.73. The van der Waals surface area contributed by atoms with Gasteiger partial charge in [-0.2, -0.15) is 0 Å². The van der Waals surface area contributed by atoms with Crippen molar-refractivity contribution in [3.05, 3.63) is 52.8 Å². The molecule has 0 saturated carbocycles. The van der Waals surface area contributed by atoms with Crippen molar-refractivity contribution in [1.82, 2.24) is 15.3 Å². The zero-order chi connectivity index (χ0) is 19.2. The van der Waals surface area contributed by atoms with Gasteiger partial charge in [-0.3, -0.25) is 0 Å². The van der Waals surface area contributed by atoms with E-state index in [0.29, 0.717) is 16.5 Å². The fourth-order valence-electron chi connectivity index (χ4n) is 2.96. The summed E-state index contributed by atoms with van der Waals surface area (Å²) in [6.07, 6.45) is 1.95. The van der Waals surface area contributed by atoms with E-state index in [1.165, 1.54) is 0 Å². The first-order chi connectivity index (χ1) is 13.1. The molecule has 0 amide bonds. The van der Waals surface area contributed by atoms with E-state index in [9.17, 15) is 0 Å². The van der Waals surface area contributed by atoms with Crippen LogP contribution in [-0.4, -0.2) is 29.7 Å². The number of nitrogens with zero attached hydrogens (tertiary/aromatic N) is 1. The molecule has 6 heteroatoms. The monoisotopic (exact) mass is 387 g/mol. The smallest absolute Gasteiger partial charge is 0.180 e. The molecule has 1 heterocycles. The SMILES string of the molecule is COc1cc(CNCCCc2nc3ccccc3[nH]2)cc(Cl)c1OC(C)C. The van der Waals surface area contributed by atoms with Gasteiger partial charge in [-0.05, 0) is 56.6 Å². The third-order valence-corrected chi connectivity index (χ3v) is 4.46. The molecule has 1 aromatic heterocycles. The first-order valence-electron chi connectivity index (χ1n) is 9.24. The average Bonchev–Trinajstić information content (AvgIpc) is 3.05. The van der Waals surface area contributed by atoms with Crippen molar-refractivity contribution >= 4 is 22.6 Å². The second-order valence-corrected chi connectivity index (χ2v) is 7.16. The Morgan fingerprint density at radius 2 is 2.04 bits per heavy atom. The number of hydrogen-bond acceptors (Lipinski definition) is 4. The number of para-hydroxylation sites is 2. The number of aromatic nitrogens is 2. The summed E-state index contributed by atoms with van der Waals surface area (Å²) in [5, 5.41) is 4.02. The van der Waals surface area contributed by atoms with Gasteiger partial charge in [0.05, 0.1) is 29.3 Å². The van der Waals surface area contributed by atoms with Crippen LogP contribution in [0.5, 0.6) is 11.5 Å². The van der Waals surface area contributed by atoms with Crippen LogP contribution >= 0.6 is 11.6 Å². The van der Waals surface area contributed by atoms with Crippen molar-refractivity contribution in [1.29, 1.82) is 0 Å². The van der Waals surface area contributed by atoms with Gasteiger partial charge >= 0.3 is 0 Å². The molecular weight excluding hydrogens is 362 g/mol. The summed E-state index contributed by atoms with van der Waals surface area (Å²) in [4.78, 5) is 7.97. The van der Waals surface area contributed by atoms with Gasteiger partial charge in [0.2, 0.25) is 0 Å². The highest BCUT2D eigenvalue weighted by Crippen LogP contribution is 2.37. The summed E-state index contributed by atoms with van der Waals surface area (Å²) in [6, 6.07) is 12.0. The number of rotatable bonds is 9. The Morgan fingerprint density at radius 1 is 1.22 bits per heavy atom. The van der Waals surface area contributed by atoms with Gasteiger partial charge in [0.1, 0.15) is 5.82 Å². The maximum atomic E-state index is 6.37. The normalized spacial score (nSPS) is 11.3. The van der Waals surface area contributed by atoms with Gasteiger partial charge in [0.25, 0.3) is 0 Å². The summed E-state index contributed by atoms with van der Waals surface area (Å²) in [7, 11) is 1.63. The van der Waals surface area contributed by atoms with E-state index in [1.807, 2.05) is 50.2 Å². The van der Waals surface area contributed by atoms with Gasteiger partial charge in [0.15, 0.2) is 11.5 Å². The molecule has 2 N–H and O–H groups in total. The van der Waals surface area contributed by atoms with Crippen molar-refractivity contribution in [3.8, 4) is 11.5 Å². The number of imidazole rings is 1. The minimum atomic E-state index is 0.0404. The Labute approximate surface area is 165 Å². The van der Waals surface area contributed by atoms with Crippen LogP contribution in [0.2, 0.25) is 5.02 Å². The molecule has 2 aromatic carbocycles. The molecule has 0 aliphatic carbocycles. The second-order valence-electron chi connectivity index (χ2n) is 6.76. The standard InChI is InChI=1S/C21H26ClN3O2/c1-14(2)27-21-16(22)11-15(12-19(21)26-3)13-23-10-6-9-20-24-17-7-4-5-8-18(17)25-20/h4-5,7-8,11-12,14,23H,6,9-10,13H2,1-3H3,(H,24,25). The fourth-order valence-corrected chi connectivity index (χ4v) is 3.24. The van der Waals surface area contributed by atoms with Crippen molar-refractivity contribution in [2.45, 2.75) is 39.3 Å². The topological polar surface area (TPSA) is 59.2 Å². The molecule has 0 unspecified atom stereocenters. The summed E-state index contributed by atoms with van der Waals surface area (Å²) in [5.41, 5.74) is 3.17. The average molecular weight is 388 g/mol. The van der Waals surface area contributed by atoms with Crippen LogP contribution in [0, 0.1) is 0 Å². The van der Waals surface area contributed by atoms with Crippen LogP contribution in [0.1, 0.15) is 31.7 Å². The third-order valence-electron chi connectivity index (χ3n) is 4.18. The lowest BCUT2D eigenvalue weighted by Crippen LogP contribution is -2.16. The number of aryl methyl sites for hydroxylation is 1. The van der Waals surface area contributed by atoms with Crippen LogP contribution in [0.4, 0.5) is 0 Å². The number of hydrogen-bond donors (Lipinski definition) is 2. The highest BCUT2D eigenvalue weighted by Gasteiger charge is 2.13. The minimum Gasteiger partial charge on any atom is -0.493 e. The predicted molar refractivity (Wildman–Crippen MR) is 110 cm³/mol. The molecule has 0 bridgehead atoms. The van der Waals surface area contributed by atoms with E-state index in [0.717, 1.165) is 48.4 Å². The maximum Gasteiger partial charge on any atom is 0.180 e. The first kappa shape index (κ1) is 19.5. The van der Waals surface area contributed by atoms with E-state index in [4.69, 9.17) is 21.1 Å². The number of H-pyrrole nitrogens is 1. The molecule has 27 heavy (non-hydrogen) atoms. The van der Waals surface area contributed by atoms with Crippen LogP contribution in [-0.2, 0) is 13.0 Å². The van der Waals surface area contributed by atoms with Gasteiger partial charge in [0, 0.05) is 13.0 Å². The minimum absolute atomic E-state index is 0.0404. The van der Waals surface area contributed by atoms with Crippen LogP contribution in [0.15, 0.2) is 36.4 Å². The number of halogens is 1. The number of benzene rings is 2. The largest absolute Gasteiger partial charge is 0.493 e. The lowest BCUT2D eigenvalue weighted by molar-refractivity contribution is 0.230. The van der Waals surface area contributed by atoms with Crippen LogP contribution in [0.25, 0.3) is 11.0 Å². The van der Waals surface area contributed by atoms with Gasteiger partial charge in [-0.25, -0.2) is 4.98 Å². The summed E-state index contributed by atoms with van der Waals surface area (Å²) in [5.74, 6) is 2.29. The molecule has 0 spiro atoms. The van der Waals surface area contributed by atoms with Crippen molar-refractivity contribution in [3.63, 3.8) is 0 Å². The number of ether oxygens (including phenoxy) is 2. The lowest BCUT2D eigenvalue weighted by Gasteiger charge is -2.16. The summed E-state index contributed by atoms with van der Waals surface area (Å²) < 4.78 is 11.2.